The maximum atomic E-state index is 12.4. The van der Waals surface area contributed by atoms with Crippen LogP contribution in [0.2, 0.25) is 0 Å². The highest BCUT2D eigenvalue weighted by atomic mass is 31.2. The van der Waals surface area contributed by atoms with Gasteiger partial charge in [-0.3, -0.25) is 4.57 Å². The van der Waals surface area contributed by atoms with E-state index in [9.17, 15) is 22.8 Å². The molecule has 0 unspecified atom stereocenters. The molecular formula is C11H14F3O4P. The standard InChI is InChI=1S/C11H14F3O4P/c1-17-19(16,18-2)7-10(15)8-3-5-9(6-4-8)11(12,13)14/h3-6,10,15H,7H2,1-2H3/t10-/m1/s1. The number of aliphatic hydroxyl groups is 1. The molecule has 0 radical (unpaired) electrons. The number of hydrogen-bond donors (Lipinski definition) is 1. The smallest absolute Gasteiger partial charge is 0.388 e. The van der Waals surface area contributed by atoms with Gasteiger partial charge >= 0.3 is 13.8 Å². The molecule has 1 aromatic carbocycles. The van der Waals surface area contributed by atoms with Crippen LogP contribution in [0.15, 0.2) is 24.3 Å². The molecule has 0 fully saturated rings. The molecule has 4 nitrogen and oxygen atoms in total. The summed E-state index contributed by atoms with van der Waals surface area (Å²) in [5.74, 6) is 0. The zero-order valence-corrected chi connectivity index (χ0v) is 11.2. The van der Waals surface area contributed by atoms with Crippen LogP contribution in [0, 0.1) is 0 Å². The van der Waals surface area contributed by atoms with Crippen LogP contribution in [-0.2, 0) is 19.8 Å². The van der Waals surface area contributed by atoms with Crippen molar-refractivity contribution in [3.05, 3.63) is 35.4 Å². The van der Waals surface area contributed by atoms with Crippen LogP contribution < -0.4 is 0 Å². The van der Waals surface area contributed by atoms with Gasteiger partial charge in [0.2, 0.25) is 0 Å². The predicted octanol–water partition coefficient (Wildman–Crippen LogP) is 3.22. The lowest BCUT2D eigenvalue weighted by molar-refractivity contribution is -0.137. The van der Waals surface area contributed by atoms with Gasteiger partial charge in [-0.25, -0.2) is 0 Å². The first kappa shape index (κ1) is 16.2. The van der Waals surface area contributed by atoms with Crippen molar-refractivity contribution in [2.24, 2.45) is 0 Å². The summed E-state index contributed by atoms with van der Waals surface area (Å²) in [5.41, 5.74) is -0.604. The third-order valence-electron chi connectivity index (χ3n) is 2.58. The summed E-state index contributed by atoms with van der Waals surface area (Å²) in [6.45, 7) is 0. The summed E-state index contributed by atoms with van der Waals surface area (Å²) in [5, 5.41) is 9.80. The second-order valence-corrected chi connectivity index (χ2v) is 6.11. The minimum Gasteiger partial charge on any atom is -0.388 e. The van der Waals surface area contributed by atoms with Gasteiger partial charge in [-0.05, 0) is 17.7 Å². The van der Waals surface area contributed by atoms with Crippen molar-refractivity contribution in [3.63, 3.8) is 0 Å². The highest BCUT2D eigenvalue weighted by Crippen LogP contribution is 2.49. The fourth-order valence-electron chi connectivity index (χ4n) is 1.44. The molecule has 0 saturated carbocycles. The van der Waals surface area contributed by atoms with Crippen molar-refractivity contribution in [2.45, 2.75) is 12.3 Å². The Hall–Kier alpha value is -0.880. The Labute approximate surface area is 108 Å². The Bertz CT molecular complexity index is 450. The lowest BCUT2D eigenvalue weighted by Gasteiger charge is -2.18. The van der Waals surface area contributed by atoms with Crippen LogP contribution in [0.1, 0.15) is 17.2 Å². The number of benzene rings is 1. The zero-order chi connectivity index (χ0) is 14.7. The first-order chi connectivity index (χ1) is 8.72. The van der Waals surface area contributed by atoms with Crippen LogP contribution in [-0.4, -0.2) is 25.5 Å². The van der Waals surface area contributed by atoms with E-state index in [0.29, 0.717) is 0 Å². The molecule has 8 heteroatoms. The molecule has 0 aromatic heterocycles. The van der Waals surface area contributed by atoms with E-state index in [1.807, 2.05) is 0 Å². The molecule has 0 spiro atoms. The van der Waals surface area contributed by atoms with Crippen molar-refractivity contribution in [2.75, 3.05) is 20.4 Å². The van der Waals surface area contributed by atoms with E-state index >= 15 is 0 Å². The summed E-state index contributed by atoms with van der Waals surface area (Å²) in [6, 6.07) is 3.96. The van der Waals surface area contributed by atoms with Crippen molar-refractivity contribution in [3.8, 4) is 0 Å². The summed E-state index contributed by atoms with van der Waals surface area (Å²) in [7, 11) is -1.08. The zero-order valence-electron chi connectivity index (χ0n) is 10.3. The quantitative estimate of drug-likeness (QED) is 0.848. The van der Waals surface area contributed by atoms with E-state index < -0.39 is 25.4 Å². The molecule has 1 atom stereocenters. The van der Waals surface area contributed by atoms with Gasteiger partial charge in [0.15, 0.2) is 0 Å². The topological polar surface area (TPSA) is 55.8 Å². The van der Waals surface area contributed by atoms with E-state index in [1.165, 1.54) is 14.2 Å². The monoisotopic (exact) mass is 298 g/mol. The van der Waals surface area contributed by atoms with Gasteiger partial charge in [0.05, 0.1) is 17.8 Å². The molecular weight excluding hydrogens is 284 g/mol. The molecule has 0 heterocycles. The first-order valence-electron chi connectivity index (χ1n) is 5.27. The minimum absolute atomic E-state index is 0.210. The number of halogens is 3. The van der Waals surface area contributed by atoms with E-state index in [0.717, 1.165) is 24.3 Å². The van der Waals surface area contributed by atoms with Crippen LogP contribution >= 0.6 is 7.60 Å². The Morgan fingerprint density at radius 2 is 1.68 bits per heavy atom. The third-order valence-corrected chi connectivity index (χ3v) is 4.48. The first-order valence-corrected chi connectivity index (χ1v) is 7.00. The van der Waals surface area contributed by atoms with Crippen LogP contribution in [0.5, 0.6) is 0 Å². The Kier molecular flexibility index (Phi) is 5.15. The fourth-order valence-corrected chi connectivity index (χ4v) is 2.52. The molecule has 1 N–H and O–H groups in total. The van der Waals surface area contributed by atoms with Gasteiger partial charge in [0.25, 0.3) is 0 Å². The summed E-state index contributed by atoms with van der Waals surface area (Å²) in [6.07, 6.45) is -5.99. The predicted molar refractivity (Wildman–Crippen MR) is 62.9 cm³/mol. The van der Waals surface area contributed by atoms with Crippen molar-refractivity contribution in [1.82, 2.24) is 0 Å². The molecule has 0 bridgehead atoms. The fraction of sp³-hybridized carbons (Fsp3) is 0.455. The summed E-state index contributed by atoms with van der Waals surface area (Å²) < 4.78 is 58.1. The van der Waals surface area contributed by atoms with Gasteiger partial charge in [-0.2, -0.15) is 13.2 Å². The van der Waals surface area contributed by atoms with Crippen molar-refractivity contribution >= 4 is 7.60 Å². The molecule has 0 amide bonds. The van der Waals surface area contributed by atoms with Crippen molar-refractivity contribution in [1.29, 1.82) is 0 Å². The molecule has 0 aliphatic rings. The lowest BCUT2D eigenvalue weighted by Crippen LogP contribution is -2.08. The van der Waals surface area contributed by atoms with E-state index in [2.05, 4.69) is 9.05 Å². The Morgan fingerprint density at radius 3 is 2.05 bits per heavy atom. The molecule has 0 aliphatic carbocycles. The van der Waals surface area contributed by atoms with Crippen molar-refractivity contribution < 1.29 is 31.9 Å². The molecule has 0 saturated heterocycles. The van der Waals surface area contributed by atoms with Crippen LogP contribution in [0.4, 0.5) is 13.2 Å². The average Bonchev–Trinajstić information content (AvgIpc) is 2.37. The van der Waals surface area contributed by atoms with Crippen LogP contribution in [0.25, 0.3) is 0 Å². The second kappa shape index (κ2) is 6.05. The highest BCUT2D eigenvalue weighted by molar-refractivity contribution is 7.53. The SMILES string of the molecule is COP(=O)(C[C@@H](O)c1ccc(C(F)(F)F)cc1)OC. The van der Waals surface area contributed by atoms with Gasteiger partial charge in [-0.15, -0.1) is 0 Å². The van der Waals surface area contributed by atoms with Gasteiger partial charge in [-0.1, -0.05) is 12.1 Å². The Balaban J connectivity index is 2.84. The van der Waals surface area contributed by atoms with E-state index in [4.69, 9.17) is 0 Å². The number of aliphatic hydroxyl groups excluding tert-OH is 1. The minimum atomic E-state index is -4.43. The summed E-state index contributed by atoms with van der Waals surface area (Å²) in [4.78, 5) is 0. The second-order valence-electron chi connectivity index (χ2n) is 3.79. The van der Waals surface area contributed by atoms with E-state index in [1.54, 1.807) is 0 Å². The number of alkyl halides is 3. The number of rotatable bonds is 5. The van der Waals surface area contributed by atoms with Gasteiger partial charge < -0.3 is 14.2 Å². The summed E-state index contributed by atoms with van der Waals surface area (Å²) >= 11 is 0. The third kappa shape index (κ3) is 4.31. The number of hydrogen-bond acceptors (Lipinski definition) is 4. The normalized spacial score (nSPS) is 14.4. The maximum absolute atomic E-state index is 12.4. The molecule has 0 aliphatic heterocycles. The largest absolute Gasteiger partial charge is 0.416 e. The molecule has 1 rings (SSSR count). The molecule has 1 aromatic rings. The van der Waals surface area contributed by atoms with Gasteiger partial charge in [0, 0.05) is 14.2 Å². The van der Waals surface area contributed by atoms with Gasteiger partial charge in [0.1, 0.15) is 0 Å². The maximum Gasteiger partial charge on any atom is 0.416 e. The molecule has 19 heavy (non-hydrogen) atoms. The Morgan fingerprint density at radius 1 is 1.21 bits per heavy atom. The average molecular weight is 298 g/mol. The highest BCUT2D eigenvalue weighted by Gasteiger charge is 2.31. The van der Waals surface area contributed by atoms with Crippen LogP contribution in [0.3, 0.4) is 0 Å². The molecule has 108 valence electrons. The lowest BCUT2D eigenvalue weighted by atomic mass is 10.1. The van der Waals surface area contributed by atoms with E-state index in [-0.39, 0.29) is 11.7 Å².